The number of hydrogen-bond acceptors (Lipinski definition) is 6. The van der Waals surface area contributed by atoms with Crippen molar-refractivity contribution in [3.8, 4) is 17.2 Å². The lowest BCUT2D eigenvalue weighted by Crippen LogP contribution is -2.22. The normalized spacial score (nSPS) is 10.7. The Hall–Kier alpha value is -3.56. The van der Waals surface area contributed by atoms with Gasteiger partial charge >= 0.3 is 6.61 Å². The van der Waals surface area contributed by atoms with E-state index < -0.39 is 6.61 Å². The van der Waals surface area contributed by atoms with Crippen molar-refractivity contribution in [3.05, 3.63) is 59.9 Å². The van der Waals surface area contributed by atoms with E-state index in [0.717, 1.165) is 0 Å². The van der Waals surface area contributed by atoms with Crippen molar-refractivity contribution in [2.45, 2.75) is 13.2 Å². The largest absolute Gasteiger partial charge is 0.493 e. The van der Waals surface area contributed by atoms with Crippen molar-refractivity contribution in [2.24, 2.45) is 0 Å². The van der Waals surface area contributed by atoms with Gasteiger partial charge in [-0.15, -0.1) is 5.10 Å². The molecular formula is C17H15F2N5O3. The number of aromatic nitrogens is 4. The van der Waals surface area contributed by atoms with E-state index in [1.165, 1.54) is 30.3 Å². The summed E-state index contributed by atoms with van der Waals surface area (Å²) in [4.78, 5) is 12.3. The molecule has 140 valence electrons. The van der Waals surface area contributed by atoms with Crippen LogP contribution >= 0.6 is 0 Å². The maximum Gasteiger partial charge on any atom is 0.387 e. The molecule has 10 heteroatoms. The fourth-order valence-corrected chi connectivity index (χ4v) is 2.35. The molecule has 0 fully saturated rings. The first-order valence-corrected chi connectivity index (χ1v) is 7.80. The molecule has 0 aliphatic rings. The van der Waals surface area contributed by atoms with Gasteiger partial charge in [0.2, 0.25) is 0 Å². The zero-order valence-corrected chi connectivity index (χ0v) is 14.2. The summed E-state index contributed by atoms with van der Waals surface area (Å²) in [5.41, 5.74) is 1.73. The lowest BCUT2D eigenvalue weighted by Gasteiger charge is -2.12. The van der Waals surface area contributed by atoms with E-state index in [1.54, 1.807) is 30.3 Å². The highest BCUT2D eigenvalue weighted by atomic mass is 19.3. The van der Waals surface area contributed by atoms with Gasteiger partial charge in [-0.1, -0.05) is 6.07 Å². The van der Waals surface area contributed by atoms with Gasteiger partial charge in [-0.25, -0.2) is 4.68 Å². The molecule has 8 nitrogen and oxygen atoms in total. The van der Waals surface area contributed by atoms with E-state index in [4.69, 9.17) is 4.74 Å². The molecule has 0 bridgehead atoms. The number of nitrogens with zero attached hydrogens (tertiary/aromatic N) is 4. The van der Waals surface area contributed by atoms with Gasteiger partial charge in [0.05, 0.1) is 12.8 Å². The number of amides is 1. The van der Waals surface area contributed by atoms with Crippen molar-refractivity contribution >= 4 is 5.91 Å². The van der Waals surface area contributed by atoms with E-state index in [-0.39, 0.29) is 24.0 Å². The monoisotopic (exact) mass is 375 g/mol. The maximum atomic E-state index is 12.5. The van der Waals surface area contributed by atoms with E-state index >= 15 is 0 Å². The third-order valence-corrected chi connectivity index (χ3v) is 3.64. The molecule has 3 rings (SSSR count). The van der Waals surface area contributed by atoms with Crippen LogP contribution in [-0.4, -0.2) is 39.8 Å². The Kier molecular flexibility index (Phi) is 5.55. The van der Waals surface area contributed by atoms with E-state index in [2.05, 4.69) is 25.6 Å². The second-order valence-electron chi connectivity index (χ2n) is 5.35. The molecule has 0 spiro atoms. The molecular weight excluding hydrogens is 360 g/mol. The van der Waals surface area contributed by atoms with Crippen molar-refractivity contribution in [1.29, 1.82) is 0 Å². The molecule has 0 unspecified atom stereocenters. The van der Waals surface area contributed by atoms with Crippen LogP contribution in [0.3, 0.4) is 0 Å². The number of carbonyl (C=O) groups is 1. The molecule has 0 atom stereocenters. The quantitative estimate of drug-likeness (QED) is 0.681. The minimum atomic E-state index is -2.97. The number of ether oxygens (including phenoxy) is 2. The smallest absolute Gasteiger partial charge is 0.387 e. The average Bonchev–Trinajstić information content (AvgIpc) is 3.21. The number of methoxy groups -OCH3 is 1. The number of nitrogens with one attached hydrogen (secondary N) is 1. The Balaban J connectivity index is 1.65. The van der Waals surface area contributed by atoms with Gasteiger partial charge in [-0.3, -0.25) is 4.79 Å². The standard InChI is InChI=1S/C17H15F2N5O3/c1-26-14-7-2-11(8-15(14)27-17(18)19)9-20-16(25)12-3-5-13(6-4-12)24-10-21-22-23-24/h2-8,10,17H,9H2,1H3,(H,20,25). The molecule has 0 radical (unpaired) electrons. The molecule has 0 saturated carbocycles. The van der Waals surface area contributed by atoms with Crippen LogP contribution in [0.5, 0.6) is 11.5 Å². The second-order valence-corrected chi connectivity index (χ2v) is 5.35. The first-order valence-electron chi connectivity index (χ1n) is 7.80. The Morgan fingerprint density at radius 1 is 1.19 bits per heavy atom. The van der Waals surface area contributed by atoms with Gasteiger partial charge in [0.25, 0.3) is 5.91 Å². The number of rotatable bonds is 7. The predicted octanol–water partition coefficient (Wildman–Crippen LogP) is 2.20. The second kappa shape index (κ2) is 8.21. The maximum absolute atomic E-state index is 12.5. The van der Waals surface area contributed by atoms with Crippen molar-refractivity contribution in [2.75, 3.05) is 7.11 Å². The number of carbonyl (C=O) groups excluding carboxylic acids is 1. The van der Waals surface area contributed by atoms with Crippen LogP contribution in [0.4, 0.5) is 8.78 Å². The van der Waals surface area contributed by atoms with Crippen molar-refractivity contribution < 1.29 is 23.0 Å². The van der Waals surface area contributed by atoms with Crippen LogP contribution in [0.25, 0.3) is 5.69 Å². The first kappa shape index (κ1) is 18.2. The summed E-state index contributed by atoms with van der Waals surface area (Å²) in [7, 11) is 1.36. The van der Waals surface area contributed by atoms with Crippen LogP contribution in [-0.2, 0) is 6.54 Å². The summed E-state index contributed by atoms with van der Waals surface area (Å²) < 4.78 is 35.8. The van der Waals surface area contributed by atoms with Crippen LogP contribution in [0.2, 0.25) is 0 Å². The van der Waals surface area contributed by atoms with Crippen LogP contribution < -0.4 is 14.8 Å². The summed E-state index contributed by atoms with van der Waals surface area (Å²) in [6, 6.07) is 11.2. The fraction of sp³-hybridized carbons (Fsp3) is 0.176. The van der Waals surface area contributed by atoms with Gasteiger partial charge in [-0.05, 0) is 52.4 Å². The van der Waals surface area contributed by atoms with E-state index in [0.29, 0.717) is 16.8 Å². The molecule has 1 N–H and O–H groups in total. The van der Waals surface area contributed by atoms with Crippen LogP contribution in [0.1, 0.15) is 15.9 Å². The topological polar surface area (TPSA) is 91.2 Å². The van der Waals surface area contributed by atoms with Gasteiger partial charge < -0.3 is 14.8 Å². The highest BCUT2D eigenvalue weighted by Crippen LogP contribution is 2.29. The molecule has 27 heavy (non-hydrogen) atoms. The average molecular weight is 375 g/mol. The molecule has 2 aromatic carbocycles. The zero-order valence-electron chi connectivity index (χ0n) is 14.2. The molecule has 3 aromatic rings. The summed E-state index contributed by atoms with van der Waals surface area (Å²) >= 11 is 0. The van der Waals surface area contributed by atoms with Gasteiger partial charge in [-0.2, -0.15) is 8.78 Å². The summed E-state index contributed by atoms with van der Waals surface area (Å²) in [6.45, 7) is -2.83. The molecule has 1 heterocycles. The number of benzene rings is 2. The minimum absolute atomic E-state index is 0.0926. The third-order valence-electron chi connectivity index (χ3n) is 3.64. The van der Waals surface area contributed by atoms with Gasteiger partial charge in [0, 0.05) is 12.1 Å². The molecule has 0 aliphatic heterocycles. The number of halogens is 2. The lowest BCUT2D eigenvalue weighted by atomic mass is 10.1. The van der Waals surface area contributed by atoms with Crippen LogP contribution in [0, 0.1) is 0 Å². The summed E-state index contributed by atoms with van der Waals surface area (Å²) in [6.07, 6.45) is 1.44. The zero-order chi connectivity index (χ0) is 19.2. The van der Waals surface area contributed by atoms with Crippen molar-refractivity contribution in [1.82, 2.24) is 25.5 Å². The summed E-state index contributed by atoms with van der Waals surface area (Å²) in [5, 5.41) is 13.6. The van der Waals surface area contributed by atoms with Crippen LogP contribution in [0.15, 0.2) is 48.8 Å². The van der Waals surface area contributed by atoms with Gasteiger partial charge in [0.1, 0.15) is 6.33 Å². The Morgan fingerprint density at radius 2 is 1.96 bits per heavy atom. The number of hydrogen-bond donors (Lipinski definition) is 1. The molecule has 0 aliphatic carbocycles. The molecule has 0 saturated heterocycles. The molecule has 1 amide bonds. The minimum Gasteiger partial charge on any atom is -0.493 e. The Labute approximate surface area is 152 Å². The summed E-state index contributed by atoms with van der Waals surface area (Å²) in [5.74, 6) is -0.223. The van der Waals surface area contributed by atoms with E-state index in [1.807, 2.05) is 0 Å². The Morgan fingerprint density at radius 3 is 2.59 bits per heavy atom. The molecule has 1 aromatic heterocycles. The van der Waals surface area contributed by atoms with Crippen molar-refractivity contribution in [3.63, 3.8) is 0 Å². The van der Waals surface area contributed by atoms with E-state index in [9.17, 15) is 13.6 Å². The highest BCUT2D eigenvalue weighted by Gasteiger charge is 2.12. The first-order chi connectivity index (χ1) is 13.1. The Bertz CT molecular complexity index is 901. The fourth-order valence-electron chi connectivity index (χ4n) is 2.35. The number of alkyl halides is 2. The van der Waals surface area contributed by atoms with Gasteiger partial charge in [0.15, 0.2) is 11.5 Å². The SMILES string of the molecule is COc1ccc(CNC(=O)c2ccc(-n3cnnn3)cc2)cc1OC(F)F. The lowest BCUT2D eigenvalue weighted by molar-refractivity contribution is -0.0512. The number of tetrazole rings is 1. The highest BCUT2D eigenvalue weighted by molar-refractivity contribution is 5.94. The predicted molar refractivity (Wildman–Crippen MR) is 90.0 cm³/mol. The third kappa shape index (κ3) is 4.54.